The van der Waals surface area contributed by atoms with Crippen LogP contribution in [0.5, 0.6) is 5.75 Å². The van der Waals surface area contributed by atoms with Crippen molar-refractivity contribution in [2.24, 2.45) is 0 Å². The van der Waals surface area contributed by atoms with Gasteiger partial charge in [0.25, 0.3) is 0 Å². The molecule has 0 N–H and O–H groups in total. The van der Waals surface area contributed by atoms with Crippen molar-refractivity contribution in [3.63, 3.8) is 0 Å². The van der Waals surface area contributed by atoms with Crippen LogP contribution in [0.2, 0.25) is 0 Å². The van der Waals surface area contributed by atoms with Gasteiger partial charge >= 0.3 is 0 Å². The Morgan fingerprint density at radius 1 is 1.24 bits per heavy atom. The average Bonchev–Trinajstić information content (AvgIpc) is 2.26. The number of anilines is 1. The minimum atomic E-state index is 0.824. The first kappa shape index (κ1) is 10.3. The van der Waals surface area contributed by atoms with Crippen LogP contribution < -0.4 is 9.64 Å². The van der Waals surface area contributed by atoms with Crippen LogP contribution in [-0.4, -0.2) is 30.2 Å². The number of hydrogen-bond donors (Lipinski definition) is 0. The second-order valence-electron chi connectivity index (χ2n) is 4.32. The summed E-state index contributed by atoms with van der Waals surface area (Å²) in [5.41, 5.74) is 0.986. The minimum Gasteiger partial charge on any atom is -0.497 e. The summed E-state index contributed by atoms with van der Waals surface area (Å²) in [6.07, 6.45) is 1.24. The van der Waals surface area contributed by atoms with E-state index in [1.54, 1.807) is 7.11 Å². The molecule has 4 nitrogen and oxygen atoms in total. The highest BCUT2D eigenvalue weighted by molar-refractivity contribution is 5.91. The van der Waals surface area contributed by atoms with Crippen molar-refractivity contribution in [3.8, 4) is 5.75 Å². The van der Waals surface area contributed by atoms with Crippen LogP contribution in [0.15, 0.2) is 18.2 Å². The van der Waals surface area contributed by atoms with Crippen molar-refractivity contribution in [1.82, 2.24) is 9.97 Å². The number of rotatable bonds is 2. The van der Waals surface area contributed by atoms with Crippen molar-refractivity contribution < 1.29 is 4.74 Å². The maximum Gasteiger partial charge on any atom is 0.140 e. The van der Waals surface area contributed by atoms with Gasteiger partial charge in [-0.05, 0) is 31.5 Å². The van der Waals surface area contributed by atoms with E-state index in [9.17, 15) is 0 Å². The van der Waals surface area contributed by atoms with Gasteiger partial charge in [0, 0.05) is 18.5 Å². The van der Waals surface area contributed by atoms with Crippen LogP contribution in [0.25, 0.3) is 10.9 Å². The molecule has 0 spiro atoms. The highest BCUT2D eigenvalue weighted by Gasteiger charge is 2.19. The van der Waals surface area contributed by atoms with Gasteiger partial charge in [0.2, 0.25) is 0 Å². The Morgan fingerprint density at radius 2 is 2.06 bits per heavy atom. The van der Waals surface area contributed by atoms with Gasteiger partial charge in [-0.2, -0.15) is 0 Å². The number of fused-ring (bicyclic) bond motifs is 1. The van der Waals surface area contributed by atoms with Crippen molar-refractivity contribution in [2.75, 3.05) is 25.1 Å². The fraction of sp³-hybridized carbons (Fsp3) is 0.385. The highest BCUT2D eigenvalue weighted by Crippen LogP contribution is 2.29. The fourth-order valence-electron chi connectivity index (χ4n) is 2.10. The monoisotopic (exact) mass is 229 g/mol. The Labute approximate surface area is 100 Å². The van der Waals surface area contributed by atoms with Gasteiger partial charge in [-0.25, -0.2) is 9.97 Å². The Balaban J connectivity index is 2.22. The number of ether oxygens (including phenoxy) is 1. The third-order valence-electron chi connectivity index (χ3n) is 3.15. The summed E-state index contributed by atoms with van der Waals surface area (Å²) in [6, 6.07) is 5.95. The summed E-state index contributed by atoms with van der Waals surface area (Å²) in [4.78, 5) is 11.3. The minimum absolute atomic E-state index is 0.824. The van der Waals surface area contributed by atoms with Crippen LogP contribution in [0.3, 0.4) is 0 Å². The molecule has 0 atom stereocenters. The molecule has 1 aliphatic rings. The maximum atomic E-state index is 5.26. The molecule has 0 saturated carbocycles. The van der Waals surface area contributed by atoms with Gasteiger partial charge in [0.15, 0.2) is 0 Å². The Bertz CT molecular complexity index is 564. The first-order chi connectivity index (χ1) is 8.28. The van der Waals surface area contributed by atoms with Crippen LogP contribution >= 0.6 is 0 Å². The van der Waals surface area contributed by atoms with Crippen LogP contribution in [0, 0.1) is 6.92 Å². The van der Waals surface area contributed by atoms with E-state index in [-0.39, 0.29) is 0 Å². The van der Waals surface area contributed by atoms with E-state index >= 15 is 0 Å². The van der Waals surface area contributed by atoms with Gasteiger partial charge < -0.3 is 9.64 Å². The lowest BCUT2D eigenvalue weighted by atomic mass is 10.1. The van der Waals surface area contributed by atoms with Crippen LogP contribution in [-0.2, 0) is 0 Å². The molecule has 4 heteroatoms. The van der Waals surface area contributed by atoms with E-state index in [1.807, 2.05) is 25.1 Å². The average molecular weight is 229 g/mol. The van der Waals surface area contributed by atoms with Gasteiger partial charge in [-0.3, -0.25) is 0 Å². The SMILES string of the molecule is COc1ccc2nc(C)nc(N3CCC3)c2c1. The van der Waals surface area contributed by atoms with E-state index in [1.165, 1.54) is 6.42 Å². The summed E-state index contributed by atoms with van der Waals surface area (Å²) in [7, 11) is 1.68. The highest BCUT2D eigenvalue weighted by atomic mass is 16.5. The van der Waals surface area contributed by atoms with E-state index < -0.39 is 0 Å². The molecule has 0 aliphatic carbocycles. The van der Waals surface area contributed by atoms with E-state index in [2.05, 4.69) is 14.9 Å². The van der Waals surface area contributed by atoms with Crippen molar-refractivity contribution in [2.45, 2.75) is 13.3 Å². The summed E-state index contributed by atoms with van der Waals surface area (Å²) in [6.45, 7) is 4.11. The predicted octanol–water partition coefficient (Wildman–Crippen LogP) is 2.16. The van der Waals surface area contributed by atoms with Crippen molar-refractivity contribution in [1.29, 1.82) is 0 Å². The first-order valence-electron chi connectivity index (χ1n) is 5.85. The Hall–Kier alpha value is -1.84. The lowest BCUT2D eigenvalue weighted by molar-refractivity contribution is 0.415. The summed E-state index contributed by atoms with van der Waals surface area (Å²) in [5.74, 6) is 2.72. The zero-order chi connectivity index (χ0) is 11.8. The number of benzene rings is 1. The summed E-state index contributed by atoms with van der Waals surface area (Å²) in [5, 5.41) is 1.08. The lowest BCUT2D eigenvalue weighted by Crippen LogP contribution is -2.37. The topological polar surface area (TPSA) is 38.3 Å². The van der Waals surface area contributed by atoms with E-state index in [4.69, 9.17) is 4.74 Å². The Morgan fingerprint density at radius 3 is 2.71 bits per heavy atom. The molecule has 0 radical (unpaired) electrons. The third-order valence-corrected chi connectivity index (χ3v) is 3.15. The predicted molar refractivity (Wildman–Crippen MR) is 67.7 cm³/mol. The van der Waals surface area contributed by atoms with Crippen molar-refractivity contribution in [3.05, 3.63) is 24.0 Å². The molecule has 0 unspecified atom stereocenters. The molecule has 1 aromatic carbocycles. The zero-order valence-electron chi connectivity index (χ0n) is 10.1. The number of hydrogen-bond acceptors (Lipinski definition) is 4. The quantitative estimate of drug-likeness (QED) is 0.791. The van der Waals surface area contributed by atoms with Gasteiger partial charge in [0.1, 0.15) is 17.4 Å². The fourth-order valence-corrected chi connectivity index (χ4v) is 2.10. The van der Waals surface area contributed by atoms with Gasteiger partial charge in [0.05, 0.1) is 12.6 Å². The second kappa shape index (κ2) is 3.87. The number of methoxy groups -OCH3 is 1. The van der Waals surface area contributed by atoms with Crippen LogP contribution in [0.4, 0.5) is 5.82 Å². The van der Waals surface area contributed by atoms with Gasteiger partial charge in [-0.1, -0.05) is 0 Å². The van der Waals surface area contributed by atoms with E-state index in [0.29, 0.717) is 0 Å². The first-order valence-corrected chi connectivity index (χ1v) is 5.85. The molecular weight excluding hydrogens is 214 g/mol. The Kier molecular flexibility index (Phi) is 2.35. The molecule has 1 fully saturated rings. The standard InChI is InChI=1S/C13H15N3O/c1-9-14-12-5-4-10(17-2)8-11(12)13(15-9)16-6-3-7-16/h4-5,8H,3,6-7H2,1-2H3. The second-order valence-corrected chi connectivity index (χ2v) is 4.32. The number of aromatic nitrogens is 2. The smallest absolute Gasteiger partial charge is 0.140 e. The molecule has 2 aromatic rings. The largest absolute Gasteiger partial charge is 0.497 e. The molecule has 1 aliphatic heterocycles. The molecule has 0 bridgehead atoms. The van der Waals surface area contributed by atoms with E-state index in [0.717, 1.165) is 41.4 Å². The molecule has 88 valence electrons. The normalized spacial score (nSPS) is 14.8. The third kappa shape index (κ3) is 1.69. The molecule has 2 heterocycles. The van der Waals surface area contributed by atoms with Crippen LogP contribution in [0.1, 0.15) is 12.2 Å². The maximum absolute atomic E-state index is 5.26. The van der Waals surface area contributed by atoms with Crippen molar-refractivity contribution >= 4 is 16.7 Å². The summed E-state index contributed by atoms with van der Waals surface area (Å²) >= 11 is 0. The number of aryl methyl sites for hydroxylation is 1. The molecular formula is C13H15N3O. The molecule has 1 aromatic heterocycles. The number of nitrogens with zero attached hydrogens (tertiary/aromatic N) is 3. The summed E-state index contributed by atoms with van der Waals surface area (Å²) < 4.78 is 5.26. The molecule has 17 heavy (non-hydrogen) atoms. The van der Waals surface area contributed by atoms with Gasteiger partial charge in [-0.15, -0.1) is 0 Å². The molecule has 0 amide bonds. The zero-order valence-corrected chi connectivity index (χ0v) is 10.1. The lowest BCUT2D eigenvalue weighted by Gasteiger charge is -2.32. The molecule has 1 saturated heterocycles. The molecule has 3 rings (SSSR count).